The molecule has 0 spiro atoms. The van der Waals surface area contributed by atoms with Crippen molar-refractivity contribution >= 4 is 11.3 Å². The highest BCUT2D eigenvalue weighted by molar-refractivity contribution is 7.15. The summed E-state index contributed by atoms with van der Waals surface area (Å²) in [5.74, 6) is 0.726. The molecule has 3 rings (SSSR count). The zero-order chi connectivity index (χ0) is 18.5. The van der Waals surface area contributed by atoms with E-state index in [4.69, 9.17) is 0 Å². The Morgan fingerprint density at radius 2 is 1.76 bits per heavy atom. The number of hydrogen-bond acceptors (Lipinski definition) is 3. The Kier molecular flexibility index (Phi) is 10.4. The maximum absolute atomic E-state index is 4.31. The Morgan fingerprint density at radius 3 is 2.28 bits per heavy atom. The summed E-state index contributed by atoms with van der Waals surface area (Å²) in [6.45, 7) is 10.6. The highest BCUT2D eigenvalue weighted by atomic mass is 32.1. The lowest BCUT2D eigenvalue weighted by Crippen LogP contribution is -1.93. The monoisotopic (exact) mass is 354 g/mol. The Labute approximate surface area is 157 Å². The molecule has 0 saturated heterocycles. The molecule has 0 saturated carbocycles. The SMILES string of the molecule is CC.CC(C)Cc1cccnc1.CCc1ccc(-c2ccccn2)s1. The van der Waals surface area contributed by atoms with Crippen molar-refractivity contribution < 1.29 is 0 Å². The first-order valence-electron chi connectivity index (χ1n) is 9.08. The third kappa shape index (κ3) is 8.08. The van der Waals surface area contributed by atoms with Gasteiger partial charge in [0.2, 0.25) is 0 Å². The van der Waals surface area contributed by atoms with Crippen molar-refractivity contribution in [2.24, 2.45) is 5.92 Å². The van der Waals surface area contributed by atoms with E-state index in [9.17, 15) is 0 Å². The fraction of sp³-hybridized carbons (Fsp3) is 0.364. The summed E-state index contributed by atoms with van der Waals surface area (Å²) >= 11 is 1.82. The molecule has 25 heavy (non-hydrogen) atoms. The van der Waals surface area contributed by atoms with Crippen molar-refractivity contribution in [1.29, 1.82) is 0 Å². The molecule has 0 N–H and O–H groups in total. The van der Waals surface area contributed by atoms with Gasteiger partial charge in [0.1, 0.15) is 0 Å². The summed E-state index contributed by atoms with van der Waals surface area (Å²) in [6.07, 6.45) is 7.82. The molecule has 0 atom stereocenters. The van der Waals surface area contributed by atoms with Crippen LogP contribution in [-0.4, -0.2) is 9.97 Å². The van der Waals surface area contributed by atoms with Crippen LogP contribution >= 0.6 is 11.3 Å². The fourth-order valence-electron chi connectivity index (χ4n) is 2.20. The molecule has 0 radical (unpaired) electrons. The summed E-state index contributed by atoms with van der Waals surface area (Å²) in [5, 5.41) is 0. The van der Waals surface area contributed by atoms with E-state index in [2.05, 4.69) is 48.9 Å². The highest BCUT2D eigenvalue weighted by Crippen LogP contribution is 2.26. The second-order valence-electron chi connectivity index (χ2n) is 5.79. The van der Waals surface area contributed by atoms with Gasteiger partial charge in [0.15, 0.2) is 0 Å². The van der Waals surface area contributed by atoms with E-state index in [0.29, 0.717) is 0 Å². The van der Waals surface area contributed by atoms with Crippen molar-refractivity contribution in [3.05, 3.63) is 71.5 Å². The Hall–Kier alpha value is -2.00. The van der Waals surface area contributed by atoms with Crippen LogP contribution in [-0.2, 0) is 12.8 Å². The number of nitrogens with zero attached hydrogens (tertiary/aromatic N) is 2. The lowest BCUT2D eigenvalue weighted by atomic mass is 10.1. The number of pyridine rings is 2. The van der Waals surface area contributed by atoms with Crippen LogP contribution in [0.15, 0.2) is 61.1 Å². The molecule has 0 bridgehead atoms. The molecule has 134 valence electrons. The molecule has 3 heteroatoms. The molecule has 0 aliphatic rings. The van der Waals surface area contributed by atoms with Crippen molar-refractivity contribution in [3.8, 4) is 10.6 Å². The lowest BCUT2D eigenvalue weighted by molar-refractivity contribution is 0.645. The minimum absolute atomic E-state index is 0.726. The third-order valence-electron chi connectivity index (χ3n) is 3.29. The molecular formula is C22H30N2S. The molecule has 3 aromatic rings. The van der Waals surface area contributed by atoms with E-state index >= 15 is 0 Å². The van der Waals surface area contributed by atoms with Gasteiger partial charge >= 0.3 is 0 Å². The maximum Gasteiger partial charge on any atom is 0.0801 e. The van der Waals surface area contributed by atoms with Gasteiger partial charge < -0.3 is 0 Å². The van der Waals surface area contributed by atoms with Gasteiger partial charge in [0.05, 0.1) is 10.6 Å². The standard InChI is InChI=1S/C11H11NS.C9H13N.C2H6/c1-2-9-6-7-11(13-9)10-5-3-4-8-12-10;1-8(2)6-9-4-3-5-10-7-9;1-2/h3-8H,2H2,1H3;3-5,7-8H,6H2,1-2H3;1-2H3. The van der Waals surface area contributed by atoms with Crippen LogP contribution < -0.4 is 0 Å². The van der Waals surface area contributed by atoms with Crippen molar-refractivity contribution in [1.82, 2.24) is 9.97 Å². The highest BCUT2D eigenvalue weighted by Gasteiger charge is 2.01. The molecule has 0 fully saturated rings. The molecule has 0 aliphatic heterocycles. The van der Waals surface area contributed by atoms with Gasteiger partial charge in [-0.25, -0.2) is 0 Å². The van der Waals surface area contributed by atoms with E-state index in [1.54, 1.807) is 0 Å². The van der Waals surface area contributed by atoms with Crippen LogP contribution in [0.25, 0.3) is 10.6 Å². The van der Waals surface area contributed by atoms with Crippen LogP contribution in [0.2, 0.25) is 0 Å². The number of aryl methyl sites for hydroxylation is 1. The quantitative estimate of drug-likeness (QED) is 0.522. The van der Waals surface area contributed by atoms with Gasteiger partial charge in [-0.2, -0.15) is 0 Å². The maximum atomic E-state index is 4.31. The predicted octanol–water partition coefficient (Wildman–Crippen LogP) is 6.68. The van der Waals surface area contributed by atoms with Crippen LogP contribution in [0.5, 0.6) is 0 Å². The molecule has 0 aliphatic carbocycles. The summed E-state index contributed by atoms with van der Waals surface area (Å²) in [7, 11) is 0. The number of aromatic nitrogens is 2. The minimum Gasteiger partial charge on any atom is -0.264 e. The number of rotatable bonds is 4. The van der Waals surface area contributed by atoms with E-state index in [1.807, 2.05) is 68.0 Å². The van der Waals surface area contributed by atoms with Gasteiger partial charge in [-0.15, -0.1) is 11.3 Å². The zero-order valence-electron chi connectivity index (χ0n) is 16.1. The van der Waals surface area contributed by atoms with Crippen LogP contribution in [0.3, 0.4) is 0 Å². The average Bonchev–Trinajstić information content (AvgIpc) is 3.14. The van der Waals surface area contributed by atoms with Gasteiger partial charge in [-0.1, -0.05) is 46.8 Å². The van der Waals surface area contributed by atoms with Crippen LogP contribution in [0, 0.1) is 5.92 Å². The second-order valence-corrected chi connectivity index (χ2v) is 6.96. The molecule has 2 nitrogen and oxygen atoms in total. The smallest absolute Gasteiger partial charge is 0.0801 e. The van der Waals surface area contributed by atoms with Gasteiger partial charge in [-0.3, -0.25) is 9.97 Å². The normalized spacial score (nSPS) is 9.68. The summed E-state index contributed by atoms with van der Waals surface area (Å²) in [4.78, 5) is 11.0. The summed E-state index contributed by atoms with van der Waals surface area (Å²) < 4.78 is 0. The summed E-state index contributed by atoms with van der Waals surface area (Å²) in [6, 6.07) is 14.4. The van der Waals surface area contributed by atoms with Gasteiger partial charge in [0.25, 0.3) is 0 Å². The average molecular weight is 355 g/mol. The van der Waals surface area contributed by atoms with Gasteiger partial charge in [0, 0.05) is 23.5 Å². The van der Waals surface area contributed by atoms with Gasteiger partial charge in [-0.05, 0) is 54.7 Å². The first kappa shape index (κ1) is 21.0. The summed E-state index contributed by atoms with van der Waals surface area (Å²) in [5.41, 5.74) is 2.41. The first-order valence-corrected chi connectivity index (χ1v) is 9.89. The number of hydrogen-bond donors (Lipinski definition) is 0. The largest absolute Gasteiger partial charge is 0.264 e. The zero-order valence-corrected chi connectivity index (χ0v) is 16.9. The van der Waals surface area contributed by atoms with Crippen LogP contribution in [0.4, 0.5) is 0 Å². The molecule has 0 aromatic carbocycles. The van der Waals surface area contributed by atoms with E-state index in [-0.39, 0.29) is 0 Å². The van der Waals surface area contributed by atoms with Crippen molar-refractivity contribution in [3.63, 3.8) is 0 Å². The third-order valence-corrected chi connectivity index (χ3v) is 4.55. The Bertz CT molecular complexity index is 676. The van der Waals surface area contributed by atoms with E-state index in [0.717, 1.165) is 24.5 Å². The fourth-order valence-corrected chi connectivity index (χ4v) is 3.13. The van der Waals surface area contributed by atoms with E-state index in [1.165, 1.54) is 15.3 Å². The first-order chi connectivity index (χ1) is 12.2. The second kappa shape index (κ2) is 12.4. The molecule has 3 aromatic heterocycles. The topological polar surface area (TPSA) is 25.8 Å². The van der Waals surface area contributed by atoms with Crippen LogP contribution in [0.1, 0.15) is 45.1 Å². The van der Waals surface area contributed by atoms with E-state index < -0.39 is 0 Å². The number of thiophene rings is 1. The van der Waals surface area contributed by atoms with Crippen molar-refractivity contribution in [2.75, 3.05) is 0 Å². The minimum atomic E-state index is 0.726. The molecule has 0 unspecified atom stereocenters. The van der Waals surface area contributed by atoms with Crippen molar-refractivity contribution in [2.45, 2.75) is 47.5 Å². The molecule has 0 amide bonds. The Morgan fingerprint density at radius 1 is 0.960 bits per heavy atom. The lowest BCUT2D eigenvalue weighted by Gasteiger charge is -2.01. The molecule has 3 heterocycles. The Balaban J connectivity index is 0.000000235. The molecular weight excluding hydrogens is 324 g/mol. The predicted molar refractivity (Wildman–Crippen MR) is 111 cm³/mol.